The Kier molecular flexibility index (Phi) is 7.59. The minimum Gasteiger partial charge on any atom is -0.497 e. The second-order valence-corrected chi connectivity index (χ2v) is 6.78. The predicted molar refractivity (Wildman–Crippen MR) is 103 cm³/mol. The van der Waals surface area contributed by atoms with Crippen molar-refractivity contribution in [3.63, 3.8) is 0 Å². The van der Waals surface area contributed by atoms with E-state index in [-0.39, 0.29) is 11.8 Å². The van der Waals surface area contributed by atoms with Gasteiger partial charge in [0.15, 0.2) is 0 Å². The summed E-state index contributed by atoms with van der Waals surface area (Å²) in [7, 11) is 1.58. The normalized spacial score (nSPS) is 10.4. The Hall–Kier alpha value is -2.41. The Labute approximate surface area is 158 Å². The zero-order valence-corrected chi connectivity index (χ0v) is 16.3. The molecular formula is C19H25N3O3S. The minimum atomic E-state index is -0.171. The Morgan fingerprint density at radius 3 is 2.77 bits per heavy atom. The quantitative estimate of drug-likeness (QED) is 0.730. The molecule has 0 fully saturated rings. The van der Waals surface area contributed by atoms with Crippen molar-refractivity contribution in [2.24, 2.45) is 0 Å². The highest BCUT2D eigenvalue weighted by Gasteiger charge is 2.18. The zero-order chi connectivity index (χ0) is 18.9. The third-order valence-corrected chi connectivity index (χ3v) is 4.58. The molecule has 0 saturated heterocycles. The van der Waals surface area contributed by atoms with Crippen LogP contribution in [0.25, 0.3) is 0 Å². The highest BCUT2D eigenvalue weighted by Crippen LogP contribution is 2.18. The van der Waals surface area contributed by atoms with Crippen LogP contribution in [0.3, 0.4) is 0 Å². The average Bonchev–Trinajstić information content (AvgIpc) is 3.14. The number of nitrogens with zero attached hydrogens (tertiary/aromatic N) is 2. The number of amides is 2. The maximum absolute atomic E-state index is 12.9. The highest BCUT2D eigenvalue weighted by atomic mass is 32.1. The van der Waals surface area contributed by atoms with Crippen molar-refractivity contribution in [1.29, 1.82) is 0 Å². The lowest BCUT2D eigenvalue weighted by Gasteiger charge is -2.21. The van der Waals surface area contributed by atoms with Gasteiger partial charge in [-0.15, -0.1) is 11.3 Å². The molecule has 0 unspecified atom stereocenters. The van der Waals surface area contributed by atoms with Gasteiger partial charge in [-0.2, -0.15) is 0 Å². The molecule has 1 N–H and O–H groups in total. The van der Waals surface area contributed by atoms with Crippen LogP contribution in [0.1, 0.15) is 52.5 Å². The molecule has 7 heteroatoms. The first kappa shape index (κ1) is 19.9. The molecule has 1 aromatic carbocycles. The van der Waals surface area contributed by atoms with E-state index in [4.69, 9.17) is 4.74 Å². The summed E-state index contributed by atoms with van der Waals surface area (Å²) in [4.78, 5) is 31.0. The SMILES string of the molecule is CCCNC(=O)c1csc(CN(CCC)C(=O)c2cccc(OC)c2)n1. The minimum absolute atomic E-state index is 0.0714. The monoisotopic (exact) mass is 375 g/mol. The van der Waals surface area contributed by atoms with Gasteiger partial charge in [-0.05, 0) is 31.0 Å². The summed E-state index contributed by atoms with van der Waals surface area (Å²) < 4.78 is 5.20. The van der Waals surface area contributed by atoms with Gasteiger partial charge >= 0.3 is 0 Å². The van der Waals surface area contributed by atoms with E-state index in [0.29, 0.717) is 36.6 Å². The van der Waals surface area contributed by atoms with Gasteiger partial charge in [-0.1, -0.05) is 19.9 Å². The number of thiazole rings is 1. The summed E-state index contributed by atoms with van der Waals surface area (Å²) in [6, 6.07) is 7.12. The molecule has 1 heterocycles. The van der Waals surface area contributed by atoms with E-state index >= 15 is 0 Å². The van der Waals surface area contributed by atoms with Crippen molar-refractivity contribution in [1.82, 2.24) is 15.2 Å². The second-order valence-electron chi connectivity index (χ2n) is 5.84. The van der Waals surface area contributed by atoms with Gasteiger partial charge in [0, 0.05) is 24.0 Å². The van der Waals surface area contributed by atoms with E-state index < -0.39 is 0 Å². The molecule has 140 valence electrons. The maximum atomic E-state index is 12.9. The largest absolute Gasteiger partial charge is 0.497 e. The third kappa shape index (κ3) is 5.29. The summed E-state index contributed by atoms with van der Waals surface area (Å²) in [5.74, 6) is 0.407. The predicted octanol–water partition coefficient (Wildman–Crippen LogP) is 3.34. The number of benzene rings is 1. The summed E-state index contributed by atoms with van der Waals surface area (Å²) >= 11 is 1.40. The second kappa shape index (κ2) is 9.91. The molecule has 1 aromatic heterocycles. The number of carbonyl (C=O) groups is 2. The molecule has 0 spiro atoms. The van der Waals surface area contributed by atoms with Gasteiger partial charge in [0.25, 0.3) is 11.8 Å². The lowest BCUT2D eigenvalue weighted by molar-refractivity contribution is 0.0742. The Balaban J connectivity index is 2.11. The lowest BCUT2D eigenvalue weighted by atomic mass is 10.2. The summed E-state index contributed by atoms with van der Waals surface area (Å²) in [6.07, 6.45) is 1.72. The number of ether oxygens (including phenoxy) is 1. The van der Waals surface area contributed by atoms with Gasteiger partial charge in [-0.25, -0.2) is 4.98 Å². The number of aromatic nitrogens is 1. The topological polar surface area (TPSA) is 71.5 Å². The molecule has 0 aliphatic rings. The fourth-order valence-corrected chi connectivity index (χ4v) is 3.23. The first-order valence-electron chi connectivity index (χ1n) is 8.75. The third-order valence-electron chi connectivity index (χ3n) is 3.74. The summed E-state index contributed by atoms with van der Waals surface area (Å²) in [5.41, 5.74) is 0.985. The molecule has 2 amide bonds. The van der Waals surface area contributed by atoms with Crippen LogP contribution in [0.5, 0.6) is 5.75 Å². The summed E-state index contributed by atoms with van der Waals surface area (Å²) in [5, 5.41) is 5.30. The van der Waals surface area contributed by atoms with E-state index in [2.05, 4.69) is 10.3 Å². The van der Waals surface area contributed by atoms with E-state index in [1.54, 1.807) is 35.6 Å². The number of carbonyl (C=O) groups excluding carboxylic acids is 2. The average molecular weight is 375 g/mol. The molecule has 0 bridgehead atoms. The molecular weight excluding hydrogens is 350 g/mol. The van der Waals surface area contributed by atoms with Crippen molar-refractivity contribution >= 4 is 23.2 Å². The molecule has 0 atom stereocenters. The van der Waals surface area contributed by atoms with E-state index in [1.807, 2.05) is 19.9 Å². The molecule has 0 aliphatic heterocycles. The standard InChI is InChI=1S/C19H25N3O3S/c1-4-9-20-18(23)16-13-26-17(21-16)12-22(10-5-2)19(24)14-7-6-8-15(11-14)25-3/h6-8,11,13H,4-5,9-10,12H2,1-3H3,(H,20,23). The van der Waals surface area contributed by atoms with Crippen molar-refractivity contribution in [2.45, 2.75) is 33.2 Å². The number of hydrogen-bond donors (Lipinski definition) is 1. The van der Waals surface area contributed by atoms with Crippen LogP contribution >= 0.6 is 11.3 Å². The number of nitrogens with one attached hydrogen (secondary N) is 1. The molecule has 2 aromatic rings. The molecule has 6 nitrogen and oxygen atoms in total. The Bertz CT molecular complexity index is 745. The van der Waals surface area contributed by atoms with Crippen LogP contribution in [-0.4, -0.2) is 41.9 Å². The van der Waals surface area contributed by atoms with Gasteiger partial charge in [0.05, 0.1) is 13.7 Å². The highest BCUT2D eigenvalue weighted by molar-refractivity contribution is 7.09. The Morgan fingerprint density at radius 1 is 1.27 bits per heavy atom. The van der Waals surface area contributed by atoms with Crippen LogP contribution < -0.4 is 10.1 Å². The zero-order valence-electron chi connectivity index (χ0n) is 15.4. The van der Waals surface area contributed by atoms with E-state index in [9.17, 15) is 9.59 Å². The molecule has 0 aliphatic carbocycles. The Morgan fingerprint density at radius 2 is 2.08 bits per heavy atom. The smallest absolute Gasteiger partial charge is 0.270 e. The van der Waals surface area contributed by atoms with Crippen molar-refractivity contribution < 1.29 is 14.3 Å². The first-order valence-corrected chi connectivity index (χ1v) is 9.62. The number of methoxy groups -OCH3 is 1. The lowest BCUT2D eigenvalue weighted by Crippen LogP contribution is -2.31. The van der Waals surface area contributed by atoms with Gasteiger partial charge < -0.3 is 15.0 Å². The van der Waals surface area contributed by atoms with E-state index in [1.165, 1.54) is 11.3 Å². The summed E-state index contributed by atoms with van der Waals surface area (Å²) in [6.45, 7) is 5.65. The van der Waals surface area contributed by atoms with Gasteiger partial charge in [-0.3, -0.25) is 9.59 Å². The van der Waals surface area contributed by atoms with Crippen LogP contribution in [0.2, 0.25) is 0 Å². The van der Waals surface area contributed by atoms with Crippen molar-refractivity contribution in [2.75, 3.05) is 20.2 Å². The van der Waals surface area contributed by atoms with E-state index in [0.717, 1.165) is 17.8 Å². The molecule has 0 radical (unpaired) electrons. The number of hydrogen-bond acceptors (Lipinski definition) is 5. The van der Waals surface area contributed by atoms with Crippen LogP contribution in [0.15, 0.2) is 29.6 Å². The van der Waals surface area contributed by atoms with Gasteiger partial charge in [0.1, 0.15) is 16.5 Å². The molecule has 2 rings (SSSR count). The fraction of sp³-hybridized carbons (Fsp3) is 0.421. The van der Waals surface area contributed by atoms with Crippen LogP contribution in [0.4, 0.5) is 0 Å². The first-order chi connectivity index (χ1) is 12.6. The maximum Gasteiger partial charge on any atom is 0.270 e. The van der Waals surface area contributed by atoms with Crippen molar-refractivity contribution in [3.05, 3.63) is 45.9 Å². The fourth-order valence-electron chi connectivity index (χ4n) is 2.44. The molecule has 0 saturated carbocycles. The number of rotatable bonds is 9. The van der Waals surface area contributed by atoms with Crippen LogP contribution in [0, 0.1) is 0 Å². The van der Waals surface area contributed by atoms with Gasteiger partial charge in [0.2, 0.25) is 0 Å². The molecule has 26 heavy (non-hydrogen) atoms. The van der Waals surface area contributed by atoms with Crippen molar-refractivity contribution in [3.8, 4) is 5.75 Å². The van der Waals surface area contributed by atoms with Crippen LogP contribution in [-0.2, 0) is 6.54 Å².